The molecule has 0 heterocycles. The van der Waals surface area contributed by atoms with Crippen LogP contribution in [0.4, 0.5) is 0 Å². The van der Waals surface area contributed by atoms with Crippen LogP contribution in [0.1, 0.15) is 45.4 Å². The smallest absolute Gasteiger partial charge is 0.129 e. The van der Waals surface area contributed by atoms with Crippen LogP contribution in [0.15, 0.2) is 0 Å². The van der Waals surface area contributed by atoms with Gasteiger partial charge in [0.05, 0.1) is 0 Å². The van der Waals surface area contributed by atoms with E-state index in [0.29, 0.717) is 11.7 Å². The molecule has 2 nitrogen and oxygen atoms in total. The SMILES string of the molecule is CC(=O)CCCS(=O)C1CCCC1. The van der Waals surface area contributed by atoms with Gasteiger partial charge in [0.25, 0.3) is 0 Å². The average molecular weight is 202 g/mol. The first-order valence-electron chi connectivity index (χ1n) is 5.07. The van der Waals surface area contributed by atoms with Crippen LogP contribution in [0.2, 0.25) is 0 Å². The van der Waals surface area contributed by atoms with E-state index in [2.05, 4.69) is 0 Å². The molecule has 1 unspecified atom stereocenters. The van der Waals surface area contributed by atoms with Gasteiger partial charge in [-0.1, -0.05) is 12.8 Å². The van der Waals surface area contributed by atoms with Gasteiger partial charge in [-0.15, -0.1) is 0 Å². The number of carbonyl (C=O) groups is 1. The van der Waals surface area contributed by atoms with Crippen LogP contribution < -0.4 is 0 Å². The normalized spacial score (nSPS) is 20.4. The molecule has 1 atom stereocenters. The van der Waals surface area contributed by atoms with Gasteiger partial charge in [-0.3, -0.25) is 4.21 Å². The van der Waals surface area contributed by atoms with Gasteiger partial charge in [-0.25, -0.2) is 0 Å². The molecule has 1 saturated carbocycles. The monoisotopic (exact) mass is 202 g/mol. The molecule has 0 aliphatic heterocycles. The fourth-order valence-corrected chi connectivity index (χ4v) is 3.40. The molecular formula is C10H18O2S. The molecule has 0 radical (unpaired) electrons. The molecule has 76 valence electrons. The lowest BCUT2D eigenvalue weighted by Gasteiger charge is -2.07. The van der Waals surface area contributed by atoms with Crippen LogP contribution in [-0.2, 0) is 15.6 Å². The molecule has 1 aliphatic carbocycles. The summed E-state index contributed by atoms with van der Waals surface area (Å²) in [4.78, 5) is 10.6. The molecule has 0 saturated heterocycles. The molecule has 0 spiro atoms. The predicted molar refractivity (Wildman–Crippen MR) is 55.2 cm³/mol. The van der Waals surface area contributed by atoms with Crippen molar-refractivity contribution in [2.45, 2.75) is 50.7 Å². The van der Waals surface area contributed by atoms with E-state index in [1.165, 1.54) is 12.8 Å². The van der Waals surface area contributed by atoms with Crippen molar-refractivity contribution in [3.05, 3.63) is 0 Å². The molecule has 0 aromatic heterocycles. The summed E-state index contributed by atoms with van der Waals surface area (Å²) in [6.45, 7) is 1.60. The summed E-state index contributed by atoms with van der Waals surface area (Å²) < 4.78 is 11.6. The summed E-state index contributed by atoms with van der Waals surface area (Å²) in [5, 5.41) is 0.437. The molecular weight excluding hydrogens is 184 g/mol. The van der Waals surface area contributed by atoms with Crippen molar-refractivity contribution >= 4 is 16.6 Å². The van der Waals surface area contributed by atoms with E-state index in [1.54, 1.807) is 6.92 Å². The van der Waals surface area contributed by atoms with Crippen molar-refractivity contribution in [1.82, 2.24) is 0 Å². The summed E-state index contributed by atoms with van der Waals surface area (Å²) in [5.74, 6) is 0.938. The second kappa shape index (κ2) is 5.53. The predicted octanol–water partition coefficient (Wildman–Crippen LogP) is 2.05. The van der Waals surface area contributed by atoms with Crippen molar-refractivity contribution in [2.24, 2.45) is 0 Å². The third-order valence-electron chi connectivity index (χ3n) is 2.55. The van der Waals surface area contributed by atoms with Crippen molar-refractivity contribution in [2.75, 3.05) is 5.75 Å². The highest BCUT2D eigenvalue weighted by Crippen LogP contribution is 2.23. The van der Waals surface area contributed by atoms with Gasteiger partial charge in [-0.2, -0.15) is 0 Å². The first kappa shape index (κ1) is 10.9. The highest BCUT2D eigenvalue weighted by Gasteiger charge is 2.20. The van der Waals surface area contributed by atoms with Crippen molar-refractivity contribution in [1.29, 1.82) is 0 Å². The number of carbonyl (C=O) groups excluding carboxylic acids is 1. The van der Waals surface area contributed by atoms with Gasteiger partial charge in [0.15, 0.2) is 0 Å². The molecule has 0 aromatic carbocycles. The second-order valence-corrected chi connectivity index (χ2v) is 5.63. The first-order chi connectivity index (χ1) is 6.20. The Morgan fingerprint density at radius 2 is 2.00 bits per heavy atom. The molecule has 0 bridgehead atoms. The van der Waals surface area contributed by atoms with E-state index in [9.17, 15) is 9.00 Å². The summed E-state index contributed by atoms with van der Waals surface area (Å²) in [7, 11) is -0.664. The number of Topliss-reactive ketones (excluding diaryl/α,β-unsaturated/α-hetero) is 1. The Labute approximate surface area is 82.6 Å². The second-order valence-electron chi connectivity index (χ2n) is 3.80. The first-order valence-corrected chi connectivity index (χ1v) is 6.45. The minimum Gasteiger partial charge on any atom is -0.300 e. The zero-order valence-electron chi connectivity index (χ0n) is 8.25. The van der Waals surface area contributed by atoms with Crippen molar-refractivity contribution in [3.63, 3.8) is 0 Å². The molecule has 1 rings (SSSR count). The Kier molecular flexibility index (Phi) is 4.64. The molecule has 0 amide bonds. The van der Waals surface area contributed by atoms with Crippen molar-refractivity contribution in [3.8, 4) is 0 Å². The Morgan fingerprint density at radius 1 is 1.38 bits per heavy atom. The zero-order chi connectivity index (χ0) is 9.68. The highest BCUT2D eigenvalue weighted by atomic mass is 32.2. The largest absolute Gasteiger partial charge is 0.300 e. The maximum absolute atomic E-state index is 11.6. The molecule has 3 heteroatoms. The molecule has 1 fully saturated rings. The van der Waals surface area contributed by atoms with E-state index in [1.807, 2.05) is 0 Å². The van der Waals surface area contributed by atoms with Gasteiger partial charge in [0.2, 0.25) is 0 Å². The Bertz CT molecular complexity index is 195. The highest BCUT2D eigenvalue weighted by molar-refractivity contribution is 7.85. The number of hydrogen-bond acceptors (Lipinski definition) is 2. The summed E-state index contributed by atoms with van der Waals surface area (Å²) in [6, 6.07) is 0. The topological polar surface area (TPSA) is 34.1 Å². The van der Waals surface area contributed by atoms with E-state index >= 15 is 0 Å². The van der Waals surface area contributed by atoms with Gasteiger partial charge in [-0.05, 0) is 26.2 Å². The number of ketones is 1. The van der Waals surface area contributed by atoms with Gasteiger partial charge >= 0.3 is 0 Å². The summed E-state index contributed by atoms with van der Waals surface area (Å²) >= 11 is 0. The quantitative estimate of drug-likeness (QED) is 0.683. The lowest BCUT2D eigenvalue weighted by molar-refractivity contribution is -0.117. The van der Waals surface area contributed by atoms with E-state index in [-0.39, 0.29) is 5.78 Å². The van der Waals surface area contributed by atoms with Crippen LogP contribution in [0.3, 0.4) is 0 Å². The van der Waals surface area contributed by atoms with Crippen LogP contribution in [-0.4, -0.2) is 21.0 Å². The Balaban J connectivity index is 2.13. The zero-order valence-corrected chi connectivity index (χ0v) is 9.07. The maximum atomic E-state index is 11.6. The van der Waals surface area contributed by atoms with E-state index < -0.39 is 10.8 Å². The standard InChI is InChI=1S/C10H18O2S/c1-9(11)5-4-8-13(12)10-6-2-3-7-10/h10H,2-8H2,1H3. The van der Waals surface area contributed by atoms with E-state index in [0.717, 1.165) is 25.0 Å². The van der Waals surface area contributed by atoms with Crippen LogP contribution in [0.25, 0.3) is 0 Å². The fraction of sp³-hybridized carbons (Fsp3) is 0.900. The number of hydrogen-bond donors (Lipinski definition) is 0. The summed E-state index contributed by atoms with van der Waals surface area (Å²) in [6.07, 6.45) is 6.14. The van der Waals surface area contributed by atoms with Crippen LogP contribution in [0, 0.1) is 0 Å². The van der Waals surface area contributed by atoms with Crippen LogP contribution >= 0.6 is 0 Å². The average Bonchev–Trinajstić information content (AvgIpc) is 2.55. The summed E-state index contributed by atoms with van der Waals surface area (Å²) in [5.41, 5.74) is 0. The Morgan fingerprint density at radius 3 is 2.54 bits per heavy atom. The third kappa shape index (κ3) is 4.03. The molecule has 0 aromatic rings. The van der Waals surface area contributed by atoms with Crippen molar-refractivity contribution < 1.29 is 9.00 Å². The van der Waals surface area contributed by atoms with Gasteiger partial charge in [0, 0.05) is 28.2 Å². The van der Waals surface area contributed by atoms with Crippen LogP contribution in [0.5, 0.6) is 0 Å². The lowest BCUT2D eigenvalue weighted by atomic mass is 10.3. The fourth-order valence-electron chi connectivity index (χ4n) is 1.78. The van der Waals surface area contributed by atoms with Gasteiger partial charge < -0.3 is 4.79 Å². The minimum absolute atomic E-state index is 0.212. The number of rotatable bonds is 5. The lowest BCUT2D eigenvalue weighted by Crippen LogP contribution is -2.14. The molecule has 0 N–H and O–H groups in total. The Hall–Kier alpha value is -0.180. The van der Waals surface area contributed by atoms with Gasteiger partial charge in [0.1, 0.15) is 5.78 Å². The molecule has 1 aliphatic rings. The minimum atomic E-state index is -0.664. The maximum Gasteiger partial charge on any atom is 0.129 e. The third-order valence-corrected chi connectivity index (χ3v) is 4.45. The van der Waals surface area contributed by atoms with E-state index in [4.69, 9.17) is 0 Å². The molecule has 13 heavy (non-hydrogen) atoms.